The first-order valence-corrected chi connectivity index (χ1v) is 32.9. The zero-order chi connectivity index (χ0) is 53.6. The summed E-state index contributed by atoms with van der Waals surface area (Å²) in [6.45, 7) is 4.40. The Morgan fingerprint density at radius 1 is 0.479 bits per heavy atom. The predicted molar refractivity (Wildman–Crippen MR) is 313 cm³/mol. The molecule has 0 aromatic carbocycles. The van der Waals surface area contributed by atoms with Crippen molar-refractivity contribution in [3.8, 4) is 0 Å². The van der Waals surface area contributed by atoms with Crippen molar-refractivity contribution in [2.75, 3.05) is 40.9 Å². The Balaban J connectivity index is 3.96. The summed E-state index contributed by atoms with van der Waals surface area (Å²) in [7, 11) is 1.11. The van der Waals surface area contributed by atoms with Crippen LogP contribution in [0.15, 0.2) is 36.5 Å². The Labute approximate surface area is 453 Å². The van der Waals surface area contributed by atoms with Crippen molar-refractivity contribution >= 4 is 13.7 Å². The lowest BCUT2D eigenvalue weighted by Crippen LogP contribution is -2.51. The number of aliphatic hydroxyl groups is 2. The van der Waals surface area contributed by atoms with E-state index in [0.717, 1.165) is 38.5 Å². The van der Waals surface area contributed by atoms with Gasteiger partial charge in [-0.2, -0.15) is 0 Å². The van der Waals surface area contributed by atoms with Crippen LogP contribution >= 0.6 is 7.82 Å². The SMILES string of the molecule is CCCCC/C=C/CC/C=C/CCCC(O)C(O)C(COP(=O)([O-])OCC[N+](C)(C)C)NC(=O)CCCCCCCCCCCCCCCCCCCCCCCCCCC/C=C\CCCCCCCCCC. The number of carbonyl (C=O) groups excluding carboxylic acids is 1. The molecule has 0 aliphatic carbocycles. The molecule has 0 bridgehead atoms. The number of hydrogen-bond donors (Lipinski definition) is 3. The maximum Gasteiger partial charge on any atom is 0.268 e. The average molecular weight is 1050 g/mol. The number of phosphoric ester groups is 1. The van der Waals surface area contributed by atoms with E-state index in [2.05, 4.69) is 55.6 Å². The predicted octanol–water partition coefficient (Wildman–Crippen LogP) is 17.7. The third-order valence-electron chi connectivity index (χ3n) is 14.4. The number of allylic oxidation sites excluding steroid dienone is 6. The smallest absolute Gasteiger partial charge is 0.268 e. The molecule has 4 atom stereocenters. The molecule has 0 rings (SSSR count). The normalized spacial score (nSPS) is 14.5. The van der Waals surface area contributed by atoms with Gasteiger partial charge in [0.05, 0.1) is 39.9 Å². The van der Waals surface area contributed by atoms with E-state index in [1.54, 1.807) is 0 Å². The zero-order valence-electron chi connectivity index (χ0n) is 49.0. The molecular formula is C63H123N2O7P. The van der Waals surface area contributed by atoms with Crippen LogP contribution in [-0.4, -0.2) is 79.8 Å². The second-order valence-electron chi connectivity index (χ2n) is 22.9. The molecular weight excluding hydrogens is 928 g/mol. The highest BCUT2D eigenvalue weighted by atomic mass is 31.2. The van der Waals surface area contributed by atoms with Crippen LogP contribution in [0.25, 0.3) is 0 Å². The summed E-state index contributed by atoms with van der Waals surface area (Å²) in [6, 6.07) is -1.09. The summed E-state index contributed by atoms with van der Waals surface area (Å²) in [5, 5.41) is 24.7. The van der Waals surface area contributed by atoms with Crippen LogP contribution in [0.3, 0.4) is 0 Å². The fourth-order valence-corrected chi connectivity index (χ4v) is 10.2. The lowest BCUT2D eigenvalue weighted by Gasteiger charge is -2.31. The summed E-state index contributed by atoms with van der Waals surface area (Å²) >= 11 is 0. The van der Waals surface area contributed by atoms with Crippen molar-refractivity contribution in [2.24, 2.45) is 0 Å². The quantitative estimate of drug-likeness (QED) is 0.0239. The molecule has 0 heterocycles. The van der Waals surface area contributed by atoms with E-state index in [9.17, 15) is 24.5 Å². The topological polar surface area (TPSA) is 128 Å². The van der Waals surface area contributed by atoms with E-state index in [-0.39, 0.29) is 18.9 Å². The molecule has 1 amide bonds. The van der Waals surface area contributed by atoms with Crippen molar-refractivity contribution < 1.29 is 38.0 Å². The van der Waals surface area contributed by atoms with Crippen LogP contribution in [0, 0.1) is 0 Å². The summed E-state index contributed by atoms with van der Waals surface area (Å²) < 4.78 is 23.2. The number of likely N-dealkylation sites (N-methyl/N-ethyl adjacent to an activating group) is 1. The number of hydrogen-bond acceptors (Lipinski definition) is 7. The summed E-state index contributed by atoms with van der Waals surface area (Å²) in [5.74, 6) is -0.288. The second kappa shape index (κ2) is 54.1. The number of aliphatic hydroxyl groups excluding tert-OH is 2. The summed E-state index contributed by atoms with van der Waals surface area (Å²) in [4.78, 5) is 25.5. The number of rotatable bonds is 58. The van der Waals surface area contributed by atoms with Crippen molar-refractivity contribution in [1.29, 1.82) is 0 Å². The molecule has 10 heteroatoms. The molecule has 9 nitrogen and oxygen atoms in total. The first-order chi connectivity index (χ1) is 35.4. The number of amides is 1. The maximum atomic E-state index is 13.0. The minimum absolute atomic E-state index is 0.0474. The minimum atomic E-state index is -4.68. The highest BCUT2D eigenvalue weighted by Gasteiger charge is 2.29. The molecule has 4 unspecified atom stereocenters. The van der Waals surface area contributed by atoms with Gasteiger partial charge in [0.25, 0.3) is 7.82 Å². The fourth-order valence-electron chi connectivity index (χ4n) is 9.45. The Morgan fingerprint density at radius 2 is 0.795 bits per heavy atom. The number of unbranched alkanes of at least 4 members (excludes halogenated alkanes) is 38. The number of carbonyl (C=O) groups is 1. The maximum absolute atomic E-state index is 13.0. The van der Waals surface area contributed by atoms with Gasteiger partial charge in [-0.05, 0) is 77.0 Å². The molecule has 0 aliphatic rings. The molecule has 0 aromatic heterocycles. The molecule has 0 saturated heterocycles. The lowest BCUT2D eigenvalue weighted by atomic mass is 10.0. The van der Waals surface area contributed by atoms with E-state index < -0.39 is 32.7 Å². The third-order valence-corrected chi connectivity index (χ3v) is 15.4. The number of quaternary nitrogens is 1. The van der Waals surface area contributed by atoms with Gasteiger partial charge in [0.15, 0.2) is 0 Å². The zero-order valence-corrected chi connectivity index (χ0v) is 49.9. The Hall–Kier alpha value is -1.32. The van der Waals surface area contributed by atoms with E-state index in [1.807, 2.05) is 21.1 Å². The van der Waals surface area contributed by atoms with Crippen LogP contribution in [-0.2, 0) is 18.4 Å². The van der Waals surface area contributed by atoms with Gasteiger partial charge in [-0.25, -0.2) is 0 Å². The molecule has 0 aromatic rings. The van der Waals surface area contributed by atoms with Crippen LogP contribution in [0.4, 0.5) is 0 Å². The molecule has 432 valence electrons. The van der Waals surface area contributed by atoms with Crippen molar-refractivity contribution in [3.63, 3.8) is 0 Å². The summed E-state index contributed by atoms with van der Waals surface area (Å²) in [5.41, 5.74) is 0. The van der Waals surface area contributed by atoms with Crippen LogP contribution in [0.1, 0.15) is 303 Å². The van der Waals surface area contributed by atoms with Gasteiger partial charge in [-0.1, -0.05) is 256 Å². The molecule has 0 saturated carbocycles. The lowest BCUT2D eigenvalue weighted by molar-refractivity contribution is -0.870. The minimum Gasteiger partial charge on any atom is -0.756 e. The van der Waals surface area contributed by atoms with E-state index in [4.69, 9.17) is 9.05 Å². The van der Waals surface area contributed by atoms with Crippen LogP contribution in [0.2, 0.25) is 0 Å². The highest BCUT2D eigenvalue weighted by molar-refractivity contribution is 7.45. The standard InChI is InChI=1S/C63H123N2O7P/c1-6-8-10-12-14-16-18-20-21-22-23-24-25-26-27-28-29-30-31-32-33-34-35-36-37-38-39-40-41-42-43-44-46-48-50-52-54-56-62(67)64-60(59-72-73(69,70)71-58-57-65(3,4)5)63(68)61(66)55-53-51-49-47-45-19-17-15-13-11-9-7-2/h15,17,22-23,47,49,60-61,63,66,68H,6-14,16,18-21,24-46,48,50-59H2,1-5H3,(H-,64,67,69,70)/b17-15+,23-22-,49-47+. The molecule has 0 spiro atoms. The van der Waals surface area contributed by atoms with Crippen molar-refractivity contribution in [1.82, 2.24) is 5.32 Å². The number of nitrogens with zero attached hydrogens (tertiary/aromatic N) is 1. The molecule has 0 fully saturated rings. The van der Waals surface area contributed by atoms with E-state index >= 15 is 0 Å². The molecule has 0 radical (unpaired) electrons. The average Bonchev–Trinajstić information content (AvgIpc) is 3.35. The molecule has 73 heavy (non-hydrogen) atoms. The van der Waals surface area contributed by atoms with Crippen LogP contribution < -0.4 is 10.2 Å². The van der Waals surface area contributed by atoms with Gasteiger partial charge >= 0.3 is 0 Å². The largest absolute Gasteiger partial charge is 0.756 e. The first-order valence-electron chi connectivity index (χ1n) is 31.4. The number of nitrogens with one attached hydrogen (secondary N) is 1. The Morgan fingerprint density at radius 3 is 1.18 bits per heavy atom. The third kappa shape index (κ3) is 55.3. The number of phosphoric acid groups is 1. The van der Waals surface area contributed by atoms with Gasteiger partial charge in [0.1, 0.15) is 19.3 Å². The van der Waals surface area contributed by atoms with Gasteiger partial charge in [-0.15, -0.1) is 0 Å². The van der Waals surface area contributed by atoms with Gasteiger partial charge < -0.3 is 34.0 Å². The molecule has 3 N–H and O–H groups in total. The van der Waals surface area contributed by atoms with Crippen molar-refractivity contribution in [3.05, 3.63) is 36.5 Å². The first kappa shape index (κ1) is 71.7. The Bertz CT molecular complexity index is 1300. The Kier molecular flexibility index (Phi) is 53.1. The van der Waals surface area contributed by atoms with Gasteiger partial charge in [0.2, 0.25) is 5.91 Å². The summed E-state index contributed by atoms with van der Waals surface area (Å²) in [6.07, 6.45) is 66.9. The monoisotopic (exact) mass is 1050 g/mol. The van der Waals surface area contributed by atoms with E-state index in [0.29, 0.717) is 30.3 Å². The fraction of sp³-hybridized carbons (Fsp3) is 0.889. The van der Waals surface area contributed by atoms with E-state index in [1.165, 1.54) is 225 Å². The second-order valence-corrected chi connectivity index (χ2v) is 24.3. The van der Waals surface area contributed by atoms with Crippen molar-refractivity contribution in [2.45, 2.75) is 321 Å². The van der Waals surface area contributed by atoms with Gasteiger partial charge in [0, 0.05) is 6.42 Å². The van der Waals surface area contributed by atoms with Crippen LogP contribution in [0.5, 0.6) is 0 Å². The highest BCUT2D eigenvalue weighted by Crippen LogP contribution is 2.38. The molecule has 0 aliphatic heterocycles. The van der Waals surface area contributed by atoms with Gasteiger partial charge in [-0.3, -0.25) is 9.36 Å².